The van der Waals surface area contributed by atoms with Crippen LogP contribution >= 0.6 is 11.3 Å². The van der Waals surface area contributed by atoms with Crippen molar-refractivity contribution in [2.45, 2.75) is 20.3 Å². The lowest BCUT2D eigenvalue weighted by atomic mass is 10.2. The second kappa shape index (κ2) is 4.65. The Balaban J connectivity index is 2.21. The summed E-state index contributed by atoms with van der Waals surface area (Å²) in [6, 6.07) is 0. The third-order valence-electron chi connectivity index (χ3n) is 2.53. The average molecular weight is 236 g/mol. The van der Waals surface area contributed by atoms with Crippen LogP contribution in [0.15, 0.2) is 12.4 Å². The minimum absolute atomic E-state index is 0.971. The summed E-state index contributed by atoms with van der Waals surface area (Å²) in [6.07, 6.45) is 4.92. The quantitative estimate of drug-likeness (QED) is 0.887. The molecule has 0 amide bonds. The van der Waals surface area contributed by atoms with Crippen molar-refractivity contribution in [2.24, 2.45) is 7.05 Å². The average Bonchev–Trinajstić information content (AvgIpc) is 2.85. The third-order valence-corrected chi connectivity index (χ3v) is 3.52. The second-order valence-electron chi connectivity index (χ2n) is 3.72. The molecule has 1 N–H and O–H groups in total. The Hall–Kier alpha value is -1.36. The number of nitrogens with zero attached hydrogens (tertiary/aromatic N) is 3. The van der Waals surface area contributed by atoms with Crippen LogP contribution in [0.5, 0.6) is 0 Å². The molecule has 0 aliphatic rings. The van der Waals surface area contributed by atoms with Crippen LogP contribution in [0, 0.1) is 6.92 Å². The predicted octanol–water partition coefficient (Wildman–Crippen LogP) is 2.67. The molecule has 0 radical (unpaired) electrons. The largest absolute Gasteiger partial charge is 0.362 e. The molecule has 0 spiro atoms. The lowest BCUT2D eigenvalue weighted by Crippen LogP contribution is -1.97. The number of anilines is 1. The van der Waals surface area contributed by atoms with Crippen LogP contribution in [0.4, 0.5) is 5.13 Å². The molecule has 2 aromatic rings. The monoisotopic (exact) mass is 236 g/mol. The maximum Gasteiger partial charge on any atom is 0.183 e. The van der Waals surface area contributed by atoms with Gasteiger partial charge in [-0.2, -0.15) is 5.10 Å². The molecule has 4 nitrogen and oxygen atoms in total. The summed E-state index contributed by atoms with van der Waals surface area (Å²) in [6.45, 7) is 5.19. The fraction of sp³-hybridized carbons (Fsp3) is 0.455. The Labute approximate surface area is 99.3 Å². The highest BCUT2D eigenvalue weighted by molar-refractivity contribution is 7.18. The zero-order valence-corrected chi connectivity index (χ0v) is 10.6. The number of aromatic nitrogens is 3. The Bertz CT molecular complexity index is 472. The first-order chi connectivity index (χ1) is 7.72. The van der Waals surface area contributed by atoms with Gasteiger partial charge in [-0.15, -0.1) is 0 Å². The minimum Gasteiger partial charge on any atom is -0.362 e. The van der Waals surface area contributed by atoms with Crippen molar-refractivity contribution >= 4 is 16.5 Å². The van der Waals surface area contributed by atoms with E-state index in [-0.39, 0.29) is 0 Å². The molecule has 0 aromatic carbocycles. The molecule has 0 atom stereocenters. The summed E-state index contributed by atoms with van der Waals surface area (Å²) in [7, 11) is 1.95. The van der Waals surface area contributed by atoms with Gasteiger partial charge in [-0.1, -0.05) is 18.3 Å². The molecule has 2 aromatic heterocycles. The molecule has 0 fully saturated rings. The highest BCUT2D eigenvalue weighted by Crippen LogP contribution is 2.30. The van der Waals surface area contributed by atoms with E-state index in [4.69, 9.17) is 0 Å². The first-order valence-corrected chi connectivity index (χ1v) is 6.22. The number of aryl methyl sites for hydroxylation is 1. The normalized spacial score (nSPS) is 10.7. The van der Waals surface area contributed by atoms with Gasteiger partial charge in [0.2, 0.25) is 0 Å². The summed E-state index contributed by atoms with van der Waals surface area (Å²) >= 11 is 1.68. The van der Waals surface area contributed by atoms with Crippen LogP contribution in [-0.4, -0.2) is 21.3 Å². The number of hydrogen-bond acceptors (Lipinski definition) is 4. The van der Waals surface area contributed by atoms with Crippen LogP contribution in [0.2, 0.25) is 0 Å². The Morgan fingerprint density at radius 3 is 2.88 bits per heavy atom. The van der Waals surface area contributed by atoms with E-state index in [1.165, 1.54) is 16.1 Å². The molecule has 16 heavy (non-hydrogen) atoms. The number of thiazole rings is 1. The van der Waals surface area contributed by atoms with Crippen LogP contribution in [0.1, 0.15) is 19.0 Å². The van der Waals surface area contributed by atoms with Crippen LogP contribution in [0.25, 0.3) is 10.4 Å². The molecular formula is C11H16N4S. The van der Waals surface area contributed by atoms with Gasteiger partial charge < -0.3 is 5.32 Å². The Morgan fingerprint density at radius 2 is 2.25 bits per heavy atom. The molecule has 0 bridgehead atoms. The molecular weight excluding hydrogens is 220 g/mol. The molecule has 2 heterocycles. The number of nitrogens with one attached hydrogen (secondary N) is 1. The van der Waals surface area contributed by atoms with Crippen LogP contribution in [-0.2, 0) is 7.05 Å². The summed E-state index contributed by atoms with van der Waals surface area (Å²) in [5.41, 5.74) is 2.34. The van der Waals surface area contributed by atoms with Crippen molar-refractivity contribution < 1.29 is 0 Å². The fourth-order valence-corrected chi connectivity index (χ4v) is 2.36. The van der Waals surface area contributed by atoms with E-state index >= 15 is 0 Å². The molecule has 0 aliphatic carbocycles. The molecule has 86 valence electrons. The van der Waals surface area contributed by atoms with Gasteiger partial charge >= 0.3 is 0 Å². The van der Waals surface area contributed by atoms with Crippen LogP contribution in [0.3, 0.4) is 0 Å². The van der Waals surface area contributed by atoms with Gasteiger partial charge in [0.05, 0.1) is 11.1 Å². The SMILES string of the molecule is CCCNc1ncc(-c2cnn(C)c2C)s1. The zero-order valence-electron chi connectivity index (χ0n) is 9.82. The Kier molecular flexibility index (Phi) is 3.24. The maximum absolute atomic E-state index is 4.35. The lowest BCUT2D eigenvalue weighted by Gasteiger charge is -1.97. The molecule has 0 saturated heterocycles. The second-order valence-corrected chi connectivity index (χ2v) is 4.75. The molecule has 5 heteroatoms. The van der Waals surface area contributed by atoms with Gasteiger partial charge in [-0.3, -0.25) is 4.68 Å². The van der Waals surface area contributed by atoms with E-state index in [1.807, 2.05) is 24.1 Å². The number of hydrogen-bond donors (Lipinski definition) is 1. The van der Waals surface area contributed by atoms with E-state index in [1.54, 1.807) is 11.3 Å². The van der Waals surface area contributed by atoms with Gasteiger partial charge in [0.1, 0.15) is 0 Å². The lowest BCUT2D eigenvalue weighted by molar-refractivity contribution is 0.740. The first kappa shape index (κ1) is 11.1. The fourth-order valence-electron chi connectivity index (χ4n) is 1.45. The van der Waals surface area contributed by atoms with E-state index in [2.05, 4.69) is 29.2 Å². The van der Waals surface area contributed by atoms with Crippen molar-refractivity contribution in [1.82, 2.24) is 14.8 Å². The first-order valence-electron chi connectivity index (χ1n) is 5.41. The summed E-state index contributed by atoms with van der Waals surface area (Å²) < 4.78 is 1.88. The van der Waals surface area contributed by atoms with E-state index in [0.717, 1.165) is 18.1 Å². The molecule has 0 unspecified atom stereocenters. The number of rotatable bonds is 4. The van der Waals surface area contributed by atoms with E-state index < -0.39 is 0 Å². The van der Waals surface area contributed by atoms with Crippen molar-refractivity contribution in [3.8, 4) is 10.4 Å². The summed E-state index contributed by atoms with van der Waals surface area (Å²) in [5, 5.41) is 8.52. The van der Waals surface area contributed by atoms with Crippen molar-refractivity contribution in [3.63, 3.8) is 0 Å². The van der Waals surface area contributed by atoms with Crippen molar-refractivity contribution in [3.05, 3.63) is 18.1 Å². The maximum atomic E-state index is 4.35. The molecule has 0 aliphatic heterocycles. The van der Waals surface area contributed by atoms with Crippen LogP contribution < -0.4 is 5.32 Å². The standard InChI is InChI=1S/C11H16N4S/c1-4-5-12-11-13-7-10(16-11)9-6-14-15(3)8(9)2/h6-7H,4-5H2,1-3H3,(H,12,13). The van der Waals surface area contributed by atoms with Crippen molar-refractivity contribution in [1.29, 1.82) is 0 Å². The highest BCUT2D eigenvalue weighted by atomic mass is 32.1. The van der Waals surface area contributed by atoms with E-state index in [9.17, 15) is 0 Å². The minimum atomic E-state index is 0.971. The summed E-state index contributed by atoms with van der Waals surface area (Å²) in [5.74, 6) is 0. The third kappa shape index (κ3) is 2.09. The highest BCUT2D eigenvalue weighted by Gasteiger charge is 2.09. The molecule has 0 saturated carbocycles. The van der Waals surface area contributed by atoms with Gasteiger partial charge in [0, 0.05) is 31.0 Å². The van der Waals surface area contributed by atoms with Gasteiger partial charge in [0.15, 0.2) is 5.13 Å². The smallest absolute Gasteiger partial charge is 0.183 e. The predicted molar refractivity (Wildman–Crippen MR) is 67.8 cm³/mol. The van der Waals surface area contributed by atoms with Gasteiger partial charge in [-0.25, -0.2) is 4.98 Å². The van der Waals surface area contributed by atoms with E-state index in [0.29, 0.717) is 0 Å². The topological polar surface area (TPSA) is 42.7 Å². The van der Waals surface area contributed by atoms with Gasteiger partial charge in [-0.05, 0) is 13.3 Å². The van der Waals surface area contributed by atoms with Crippen molar-refractivity contribution in [2.75, 3.05) is 11.9 Å². The Morgan fingerprint density at radius 1 is 1.44 bits per heavy atom. The molecule has 2 rings (SSSR count). The zero-order chi connectivity index (χ0) is 11.5. The summed E-state index contributed by atoms with van der Waals surface area (Å²) in [4.78, 5) is 5.52. The van der Waals surface area contributed by atoms with Gasteiger partial charge in [0.25, 0.3) is 0 Å².